The van der Waals surface area contributed by atoms with Gasteiger partial charge in [-0.05, 0) is 59.0 Å². The lowest BCUT2D eigenvalue weighted by molar-refractivity contribution is 0.301. The fraction of sp³-hybridized carbons (Fsp3) is 0.391. The molecule has 4 aromatic rings. The standard InChI is InChI=1S/C23H26N8OS/c1-3-17-10-24-23(25-11-17)30-9-8-21(16(2)12-30)22-27-18(14-33-22)13-32-20-6-4-19(5-7-20)31-15-26-28-29-31/h4-7,10-11,14-16,21H,3,8-9,12-13H2,1-2H3/t16-,21+/m0/s1. The molecule has 0 aliphatic carbocycles. The van der Waals surface area contributed by atoms with E-state index in [-0.39, 0.29) is 0 Å². The molecule has 2 atom stereocenters. The zero-order chi connectivity index (χ0) is 22.6. The maximum atomic E-state index is 5.94. The highest BCUT2D eigenvalue weighted by atomic mass is 32.1. The molecule has 0 bridgehead atoms. The van der Waals surface area contributed by atoms with Gasteiger partial charge in [-0.25, -0.2) is 19.6 Å². The first-order valence-electron chi connectivity index (χ1n) is 11.2. The van der Waals surface area contributed by atoms with Crippen molar-refractivity contribution >= 4 is 17.3 Å². The number of anilines is 1. The van der Waals surface area contributed by atoms with Crippen molar-refractivity contribution in [3.63, 3.8) is 0 Å². The number of ether oxygens (including phenoxy) is 1. The Morgan fingerprint density at radius 2 is 1.97 bits per heavy atom. The Labute approximate surface area is 196 Å². The highest BCUT2D eigenvalue weighted by Gasteiger charge is 2.30. The van der Waals surface area contributed by atoms with Crippen LogP contribution in [0, 0.1) is 5.92 Å². The van der Waals surface area contributed by atoms with Crippen molar-refractivity contribution in [1.82, 2.24) is 35.2 Å². The molecule has 33 heavy (non-hydrogen) atoms. The second-order valence-corrected chi connectivity index (χ2v) is 9.17. The third kappa shape index (κ3) is 4.85. The fourth-order valence-corrected chi connectivity index (χ4v) is 5.15. The quantitative estimate of drug-likeness (QED) is 0.410. The molecule has 1 aliphatic rings. The number of aryl methyl sites for hydroxylation is 1. The predicted octanol–water partition coefficient (Wildman–Crippen LogP) is 3.68. The average molecular weight is 463 g/mol. The summed E-state index contributed by atoms with van der Waals surface area (Å²) in [6.45, 7) is 6.74. The van der Waals surface area contributed by atoms with Crippen molar-refractivity contribution in [1.29, 1.82) is 0 Å². The fourth-order valence-electron chi connectivity index (χ4n) is 4.08. The van der Waals surface area contributed by atoms with Crippen LogP contribution in [0.3, 0.4) is 0 Å². The summed E-state index contributed by atoms with van der Waals surface area (Å²) in [5.74, 6) is 2.55. The van der Waals surface area contributed by atoms with Gasteiger partial charge in [0.2, 0.25) is 5.95 Å². The molecule has 1 aliphatic heterocycles. The molecule has 0 saturated carbocycles. The zero-order valence-electron chi connectivity index (χ0n) is 18.7. The summed E-state index contributed by atoms with van der Waals surface area (Å²) in [5, 5.41) is 14.5. The topological polar surface area (TPSA) is 94.7 Å². The molecule has 5 rings (SSSR count). The molecule has 1 saturated heterocycles. The Hall–Kier alpha value is -3.40. The molecular formula is C23H26N8OS. The lowest BCUT2D eigenvalue weighted by atomic mass is 9.87. The molecule has 0 radical (unpaired) electrons. The zero-order valence-corrected chi connectivity index (χ0v) is 19.5. The van der Waals surface area contributed by atoms with E-state index < -0.39 is 0 Å². The molecule has 4 heterocycles. The Morgan fingerprint density at radius 1 is 1.15 bits per heavy atom. The van der Waals surface area contributed by atoms with Gasteiger partial charge in [-0.15, -0.1) is 16.4 Å². The third-order valence-electron chi connectivity index (χ3n) is 6.01. The lowest BCUT2D eigenvalue weighted by Crippen LogP contribution is -2.39. The normalized spacial score (nSPS) is 18.4. The van der Waals surface area contributed by atoms with Gasteiger partial charge in [0.25, 0.3) is 0 Å². The molecule has 1 fully saturated rings. The van der Waals surface area contributed by atoms with Crippen LogP contribution in [0.1, 0.15) is 42.5 Å². The molecule has 170 valence electrons. The van der Waals surface area contributed by atoms with E-state index in [4.69, 9.17) is 9.72 Å². The van der Waals surface area contributed by atoms with Gasteiger partial charge < -0.3 is 9.64 Å². The van der Waals surface area contributed by atoms with Crippen molar-refractivity contribution in [3.05, 3.63) is 64.6 Å². The van der Waals surface area contributed by atoms with Gasteiger partial charge in [0.15, 0.2) is 0 Å². The molecule has 0 unspecified atom stereocenters. The number of nitrogens with zero attached hydrogens (tertiary/aromatic N) is 8. The van der Waals surface area contributed by atoms with E-state index in [0.717, 1.165) is 49.0 Å². The first-order valence-corrected chi connectivity index (χ1v) is 12.0. The molecule has 0 amide bonds. The van der Waals surface area contributed by atoms with Crippen molar-refractivity contribution in [2.75, 3.05) is 18.0 Å². The number of tetrazole rings is 1. The lowest BCUT2D eigenvalue weighted by Gasteiger charge is -2.36. The molecule has 3 aromatic heterocycles. The molecule has 0 N–H and O–H groups in total. The Bertz CT molecular complexity index is 1160. The van der Waals surface area contributed by atoms with Gasteiger partial charge in [0, 0.05) is 36.8 Å². The van der Waals surface area contributed by atoms with Gasteiger partial charge in [-0.2, -0.15) is 0 Å². The molecule has 9 nitrogen and oxygen atoms in total. The highest BCUT2D eigenvalue weighted by molar-refractivity contribution is 7.09. The summed E-state index contributed by atoms with van der Waals surface area (Å²) in [4.78, 5) is 16.3. The number of thiazole rings is 1. The molecule has 0 spiro atoms. The minimum atomic E-state index is 0.450. The minimum Gasteiger partial charge on any atom is -0.487 e. The van der Waals surface area contributed by atoms with E-state index in [2.05, 4.69) is 49.6 Å². The largest absolute Gasteiger partial charge is 0.487 e. The first kappa shape index (κ1) is 21.4. The number of hydrogen-bond donors (Lipinski definition) is 0. The summed E-state index contributed by atoms with van der Waals surface area (Å²) >= 11 is 1.73. The first-order chi connectivity index (χ1) is 16.2. The van der Waals surface area contributed by atoms with Crippen molar-refractivity contribution in [2.24, 2.45) is 5.92 Å². The summed E-state index contributed by atoms with van der Waals surface area (Å²) in [6, 6.07) is 7.68. The van der Waals surface area contributed by atoms with Crippen LogP contribution in [0.2, 0.25) is 0 Å². The Balaban J connectivity index is 1.16. The summed E-state index contributed by atoms with van der Waals surface area (Å²) < 4.78 is 7.55. The minimum absolute atomic E-state index is 0.450. The van der Waals surface area contributed by atoms with Crippen LogP contribution in [0.5, 0.6) is 5.75 Å². The summed E-state index contributed by atoms with van der Waals surface area (Å²) in [7, 11) is 0. The Kier molecular flexibility index (Phi) is 6.25. The Morgan fingerprint density at radius 3 is 2.67 bits per heavy atom. The van der Waals surface area contributed by atoms with Gasteiger partial charge >= 0.3 is 0 Å². The van der Waals surface area contributed by atoms with E-state index in [1.807, 2.05) is 36.7 Å². The molecular weight excluding hydrogens is 436 g/mol. The van der Waals surface area contributed by atoms with E-state index in [9.17, 15) is 0 Å². The van der Waals surface area contributed by atoms with Crippen LogP contribution >= 0.6 is 11.3 Å². The summed E-state index contributed by atoms with van der Waals surface area (Å²) in [6.07, 6.45) is 7.44. The molecule has 10 heteroatoms. The summed E-state index contributed by atoms with van der Waals surface area (Å²) in [5.41, 5.74) is 3.02. The predicted molar refractivity (Wildman–Crippen MR) is 126 cm³/mol. The smallest absolute Gasteiger partial charge is 0.225 e. The van der Waals surface area contributed by atoms with E-state index in [1.54, 1.807) is 22.3 Å². The van der Waals surface area contributed by atoms with Crippen molar-refractivity contribution in [2.45, 2.75) is 39.2 Å². The van der Waals surface area contributed by atoms with E-state index >= 15 is 0 Å². The second-order valence-electron chi connectivity index (χ2n) is 8.28. The molecule has 1 aromatic carbocycles. The van der Waals surface area contributed by atoms with Crippen LogP contribution < -0.4 is 9.64 Å². The monoisotopic (exact) mass is 462 g/mol. The van der Waals surface area contributed by atoms with Crippen molar-refractivity contribution in [3.8, 4) is 11.4 Å². The van der Waals surface area contributed by atoms with Gasteiger partial charge in [-0.3, -0.25) is 0 Å². The van der Waals surface area contributed by atoms with Crippen LogP contribution in [0.4, 0.5) is 5.95 Å². The SMILES string of the molecule is CCc1cnc(N2CC[C@@H](c3nc(COc4ccc(-n5cnnn5)cc4)cs3)[C@@H](C)C2)nc1. The van der Waals surface area contributed by atoms with Crippen LogP contribution in [-0.4, -0.2) is 48.2 Å². The van der Waals surface area contributed by atoms with E-state index in [1.165, 1.54) is 10.6 Å². The van der Waals surface area contributed by atoms with Crippen LogP contribution in [-0.2, 0) is 13.0 Å². The number of rotatable bonds is 7. The van der Waals surface area contributed by atoms with Gasteiger partial charge in [0.1, 0.15) is 18.7 Å². The van der Waals surface area contributed by atoms with Gasteiger partial charge in [-0.1, -0.05) is 13.8 Å². The number of aromatic nitrogens is 7. The number of piperidine rings is 1. The maximum absolute atomic E-state index is 5.94. The van der Waals surface area contributed by atoms with Gasteiger partial charge in [0.05, 0.1) is 16.4 Å². The average Bonchev–Trinajstić information content (AvgIpc) is 3.56. The maximum Gasteiger partial charge on any atom is 0.225 e. The highest BCUT2D eigenvalue weighted by Crippen LogP contribution is 2.35. The number of hydrogen-bond acceptors (Lipinski definition) is 9. The van der Waals surface area contributed by atoms with Crippen LogP contribution in [0.25, 0.3) is 5.69 Å². The van der Waals surface area contributed by atoms with Crippen LogP contribution in [0.15, 0.2) is 48.4 Å². The van der Waals surface area contributed by atoms with Crippen molar-refractivity contribution < 1.29 is 4.74 Å². The van der Waals surface area contributed by atoms with E-state index in [0.29, 0.717) is 18.4 Å². The number of benzene rings is 1. The third-order valence-corrected chi connectivity index (χ3v) is 7.04. The second kappa shape index (κ2) is 9.62.